The molecule has 18 heavy (non-hydrogen) atoms. The number of rotatable bonds is 2. The lowest BCUT2D eigenvalue weighted by atomic mass is 9.99. The number of ketones is 1. The van der Waals surface area contributed by atoms with Crippen LogP contribution in [0.1, 0.15) is 27.0 Å². The molecule has 0 aliphatic rings. The second-order valence-electron chi connectivity index (χ2n) is 4.33. The van der Waals surface area contributed by atoms with Crippen LogP contribution in [-0.4, -0.2) is 5.78 Å². The van der Waals surface area contributed by atoms with Gasteiger partial charge in [-0.15, -0.1) is 0 Å². The number of hydrogen-bond donors (Lipinski definition) is 0. The molecule has 2 aromatic carbocycles. The Labute approximate surface area is 104 Å². The van der Waals surface area contributed by atoms with Crippen LogP contribution < -0.4 is 0 Å². The molecule has 0 aromatic heterocycles. The van der Waals surface area contributed by atoms with E-state index in [1.54, 1.807) is 12.1 Å². The van der Waals surface area contributed by atoms with Gasteiger partial charge < -0.3 is 0 Å². The maximum absolute atomic E-state index is 13.5. The number of halogens is 2. The lowest BCUT2D eigenvalue weighted by Gasteiger charge is -2.05. The van der Waals surface area contributed by atoms with Crippen LogP contribution in [0.3, 0.4) is 0 Å². The van der Waals surface area contributed by atoms with Crippen molar-refractivity contribution in [2.75, 3.05) is 0 Å². The Bertz CT molecular complexity index is 598. The van der Waals surface area contributed by atoms with E-state index in [1.807, 2.05) is 19.9 Å². The standard InChI is InChI=1S/C15H12F2O/c1-9-5-10(2)7-11(6-9)15(18)13-4-3-12(16)8-14(13)17/h3-8H,1-2H3. The first kappa shape index (κ1) is 12.4. The monoisotopic (exact) mass is 246 g/mol. The normalized spacial score (nSPS) is 10.4. The summed E-state index contributed by atoms with van der Waals surface area (Å²) >= 11 is 0. The predicted octanol–water partition coefficient (Wildman–Crippen LogP) is 3.81. The zero-order valence-corrected chi connectivity index (χ0v) is 10.1. The molecule has 0 heterocycles. The van der Waals surface area contributed by atoms with Crippen LogP contribution >= 0.6 is 0 Å². The minimum Gasteiger partial charge on any atom is -0.288 e. The van der Waals surface area contributed by atoms with Crippen LogP contribution in [0.4, 0.5) is 8.78 Å². The Hall–Kier alpha value is -2.03. The van der Waals surface area contributed by atoms with E-state index in [1.165, 1.54) is 6.07 Å². The van der Waals surface area contributed by atoms with Gasteiger partial charge in [0.2, 0.25) is 0 Å². The fourth-order valence-corrected chi connectivity index (χ4v) is 1.93. The molecule has 2 aromatic rings. The second kappa shape index (κ2) is 4.69. The minimum absolute atomic E-state index is 0.110. The van der Waals surface area contributed by atoms with Crippen LogP contribution in [0.25, 0.3) is 0 Å². The SMILES string of the molecule is Cc1cc(C)cc(C(=O)c2ccc(F)cc2F)c1. The highest BCUT2D eigenvalue weighted by Crippen LogP contribution is 2.17. The lowest BCUT2D eigenvalue weighted by molar-refractivity contribution is 0.103. The third kappa shape index (κ3) is 2.45. The van der Waals surface area contributed by atoms with Gasteiger partial charge in [-0.25, -0.2) is 8.78 Å². The van der Waals surface area contributed by atoms with Crippen LogP contribution in [-0.2, 0) is 0 Å². The van der Waals surface area contributed by atoms with Crippen molar-refractivity contribution in [3.05, 3.63) is 70.3 Å². The topological polar surface area (TPSA) is 17.1 Å². The lowest BCUT2D eigenvalue weighted by Crippen LogP contribution is -2.05. The van der Waals surface area contributed by atoms with Crippen molar-refractivity contribution >= 4 is 5.78 Å². The van der Waals surface area contributed by atoms with Crippen molar-refractivity contribution in [2.45, 2.75) is 13.8 Å². The summed E-state index contributed by atoms with van der Waals surface area (Å²) in [6.45, 7) is 3.73. The van der Waals surface area contributed by atoms with E-state index in [4.69, 9.17) is 0 Å². The highest BCUT2D eigenvalue weighted by molar-refractivity contribution is 6.09. The van der Waals surface area contributed by atoms with Gasteiger partial charge in [-0.3, -0.25) is 4.79 Å². The van der Waals surface area contributed by atoms with Gasteiger partial charge in [0.15, 0.2) is 5.78 Å². The summed E-state index contributed by atoms with van der Waals surface area (Å²) in [5.41, 5.74) is 2.17. The first-order valence-corrected chi connectivity index (χ1v) is 5.55. The van der Waals surface area contributed by atoms with Crippen molar-refractivity contribution in [1.29, 1.82) is 0 Å². The molecule has 0 atom stereocenters. The maximum atomic E-state index is 13.5. The maximum Gasteiger partial charge on any atom is 0.195 e. The number of carbonyl (C=O) groups is 1. The van der Waals surface area contributed by atoms with Gasteiger partial charge >= 0.3 is 0 Å². The molecule has 0 saturated carbocycles. The highest BCUT2D eigenvalue weighted by atomic mass is 19.1. The Morgan fingerprint density at radius 3 is 2.11 bits per heavy atom. The Morgan fingerprint density at radius 1 is 0.944 bits per heavy atom. The second-order valence-corrected chi connectivity index (χ2v) is 4.33. The Balaban J connectivity index is 2.47. The average Bonchev–Trinajstić information content (AvgIpc) is 2.26. The molecule has 0 N–H and O–H groups in total. The van der Waals surface area contributed by atoms with E-state index in [0.717, 1.165) is 23.3 Å². The van der Waals surface area contributed by atoms with E-state index < -0.39 is 17.4 Å². The summed E-state index contributed by atoms with van der Waals surface area (Å²) in [6, 6.07) is 8.29. The third-order valence-corrected chi connectivity index (χ3v) is 2.66. The van der Waals surface area contributed by atoms with Crippen LogP contribution in [0.15, 0.2) is 36.4 Å². The van der Waals surface area contributed by atoms with E-state index in [-0.39, 0.29) is 5.56 Å². The zero-order valence-electron chi connectivity index (χ0n) is 10.1. The fraction of sp³-hybridized carbons (Fsp3) is 0.133. The molecule has 3 heteroatoms. The third-order valence-electron chi connectivity index (χ3n) is 2.66. The van der Waals surface area contributed by atoms with E-state index in [9.17, 15) is 13.6 Å². The summed E-state index contributed by atoms with van der Waals surface area (Å²) in [4.78, 5) is 12.1. The molecule has 0 aliphatic carbocycles. The average molecular weight is 246 g/mol. The summed E-state index contributed by atoms with van der Waals surface area (Å²) < 4.78 is 26.3. The molecule has 0 spiro atoms. The van der Waals surface area contributed by atoms with Gasteiger partial charge in [-0.05, 0) is 38.1 Å². The van der Waals surface area contributed by atoms with E-state index in [0.29, 0.717) is 5.56 Å². The number of carbonyl (C=O) groups excluding carboxylic acids is 1. The molecule has 2 rings (SSSR count). The minimum atomic E-state index is -0.834. The molecule has 92 valence electrons. The largest absolute Gasteiger partial charge is 0.288 e. The molecular weight excluding hydrogens is 234 g/mol. The first-order chi connectivity index (χ1) is 8.47. The number of benzene rings is 2. The molecule has 0 unspecified atom stereocenters. The molecule has 0 amide bonds. The van der Waals surface area contributed by atoms with Crippen molar-refractivity contribution in [3.63, 3.8) is 0 Å². The highest BCUT2D eigenvalue weighted by Gasteiger charge is 2.15. The van der Waals surface area contributed by atoms with Gasteiger partial charge in [0.05, 0.1) is 5.56 Å². The predicted molar refractivity (Wildman–Crippen MR) is 65.7 cm³/mol. The fourth-order valence-electron chi connectivity index (χ4n) is 1.93. The molecule has 0 aliphatic heterocycles. The smallest absolute Gasteiger partial charge is 0.195 e. The first-order valence-electron chi connectivity index (χ1n) is 5.55. The summed E-state index contributed by atoms with van der Waals surface area (Å²) in [7, 11) is 0. The van der Waals surface area contributed by atoms with Gasteiger partial charge in [-0.1, -0.05) is 17.2 Å². The molecule has 0 bridgehead atoms. The van der Waals surface area contributed by atoms with E-state index >= 15 is 0 Å². The van der Waals surface area contributed by atoms with Gasteiger partial charge in [0.1, 0.15) is 11.6 Å². The Kier molecular flexibility index (Phi) is 3.24. The summed E-state index contributed by atoms with van der Waals surface area (Å²) in [6.07, 6.45) is 0. The van der Waals surface area contributed by atoms with E-state index in [2.05, 4.69) is 0 Å². The molecule has 0 saturated heterocycles. The van der Waals surface area contributed by atoms with Gasteiger partial charge in [0.25, 0.3) is 0 Å². The van der Waals surface area contributed by atoms with Crippen LogP contribution in [0.5, 0.6) is 0 Å². The summed E-state index contributed by atoms with van der Waals surface area (Å²) in [5, 5.41) is 0. The van der Waals surface area contributed by atoms with Crippen molar-refractivity contribution in [3.8, 4) is 0 Å². The Morgan fingerprint density at radius 2 is 1.56 bits per heavy atom. The van der Waals surface area contributed by atoms with Gasteiger partial charge in [0, 0.05) is 11.6 Å². The quantitative estimate of drug-likeness (QED) is 0.736. The zero-order chi connectivity index (χ0) is 13.3. The van der Waals surface area contributed by atoms with Crippen molar-refractivity contribution < 1.29 is 13.6 Å². The van der Waals surface area contributed by atoms with Gasteiger partial charge in [-0.2, -0.15) is 0 Å². The molecule has 1 nitrogen and oxygen atoms in total. The van der Waals surface area contributed by atoms with Crippen molar-refractivity contribution in [2.24, 2.45) is 0 Å². The number of hydrogen-bond acceptors (Lipinski definition) is 1. The van der Waals surface area contributed by atoms with Crippen molar-refractivity contribution in [1.82, 2.24) is 0 Å². The summed E-state index contributed by atoms with van der Waals surface area (Å²) in [5.74, 6) is -1.96. The van der Waals surface area contributed by atoms with Crippen LogP contribution in [0, 0.1) is 25.5 Å². The van der Waals surface area contributed by atoms with Crippen LogP contribution in [0.2, 0.25) is 0 Å². The molecule has 0 fully saturated rings. The molecule has 0 radical (unpaired) electrons. The number of aryl methyl sites for hydroxylation is 2. The molecular formula is C15H12F2O.